The Hall–Kier alpha value is -0.830. The molecule has 1 aliphatic rings. The molecule has 0 amide bonds. The minimum atomic E-state index is 0.289. The van der Waals surface area contributed by atoms with Gasteiger partial charge in [0.05, 0.1) is 5.69 Å². The maximum Gasteiger partial charge on any atom is 0.0626 e. The lowest BCUT2D eigenvalue weighted by molar-refractivity contribution is 0.432. The summed E-state index contributed by atoms with van der Waals surface area (Å²) in [7, 11) is 0. The van der Waals surface area contributed by atoms with Gasteiger partial charge in [-0.25, -0.2) is 0 Å². The van der Waals surface area contributed by atoms with E-state index in [1.807, 2.05) is 6.92 Å². The van der Waals surface area contributed by atoms with E-state index in [9.17, 15) is 0 Å². The molecule has 3 heteroatoms. The molecule has 1 aliphatic carbocycles. The van der Waals surface area contributed by atoms with Gasteiger partial charge in [0, 0.05) is 11.7 Å². The van der Waals surface area contributed by atoms with Crippen molar-refractivity contribution >= 4 is 0 Å². The molecule has 1 unspecified atom stereocenters. The molecular formula is C11H19N3. The molecular weight excluding hydrogens is 174 g/mol. The van der Waals surface area contributed by atoms with Crippen molar-refractivity contribution in [2.24, 2.45) is 11.1 Å². The highest BCUT2D eigenvalue weighted by molar-refractivity contribution is 5.25. The first-order valence-corrected chi connectivity index (χ1v) is 5.29. The molecule has 0 spiro atoms. The second-order valence-corrected chi connectivity index (χ2v) is 4.88. The van der Waals surface area contributed by atoms with Gasteiger partial charge in [-0.2, -0.15) is 5.10 Å². The smallest absolute Gasteiger partial charge is 0.0626 e. The maximum atomic E-state index is 6.20. The van der Waals surface area contributed by atoms with Gasteiger partial charge in [0.2, 0.25) is 0 Å². The Morgan fingerprint density at radius 3 is 2.57 bits per heavy atom. The number of rotatable bonds is 3. The zero-order valence-electron chi connectivity index (χ0n) is 9.22. The molecule has 1 heterocycles. The highest BCUT2D eigenvalue weighted by Crippen LogP contribution is 2.48. The molecule has 0 bridgehead atoms. The Balaban J connectivity index is 2.10. The van der Waals surface area contributed by atoms with Crippen molar-refractivity contribution in [3.05, 3.63) is 17.0 Å². The van der Waals surface area contributed by atoms with Crippen LogP contribution in [0.5, 0.6) is 0 Å². The minimum absolute atomic E-state index is 0.289. The Bertz CT molecular complexity index is 317. The van der Waals surface area contributed by atoms with Gasteiger partial charge < -0.3 is 5.73 Å². The number of hydrogen-bond donors (Lipinski definition) is 2. The van der Waals surface area contributed by atoms with Gasteiger partial charge in [-0.3, -0.25) is 5.10 Å². The van der Waals surface area contributed by atoms with Gasteiger partial charge in [0.15, 0.2) is 0 Å². The Kier molecular flexibility index (Phi) is 2.14. The molecule has 1 atom stereocenters. The van der Waals surface area contributed by atoms with Gasteiger partial charge in [-0.1, -0.05) is 6.92 Å². The van der Waals surface area contributed by atoms with Crippen molar-refractivity contribution in [1.29, 1.82) is 0 Å². The lowest BCUT2D eigenvalue weighted by atomic mass is 9.92. The Morgan fingerprint density at radius 2 is 2.14 bits per heavy atom. The summed E-state index contributed by atoms with van der Waals surface area (Å²) in [4.78, 5) is 0. The van der Waals surface area contributed by atoms with Crippen molar-refractivity contribution in [2.45, 2.75) is 46.1 Å². The van der Waals surface area contributed by atoms with E-state index in [1.54, 1.807) is 0 Å². The van der Waals surface area contributed by atoms with E-state index in [0.717, 1.165) is 12.1 Å². The van der Waals surface area contributed by atoms with Gasteiger partial charge >= 0.3 is 0 Å². The fourth-order valence-electron chi connectivity index (χ4n) is 1.91. The second kappa shape index (κ2) is 3.09. The van der Waals surface area contributed by atoms with Gasteiger partial charge in [0.25, 0.3) is 0 Å². The zero-order valence-corrected chi connectivity index (χ0v) is 9.22. The van der Waals surface area contributed by atoms with E-state index in [0.29, 0.717) is 5.41 Å². The van der Waals surface area contributed by atoms with Crippen LogP contribution in [0.2, 0.25) is 0 Å². The first-order valence-electron chi connectivity index (χ1n) is 5.29. The quantitative estimate of drug-likeness (QED) is 0.767. The first kappa shape index (κ1) is 9.71. The fourth-order valence-corrected chi connectivity index (χ4v) is 1.91. The highest BCUT2D eigenvalue weighted by atomic mass is 15.1. The van der Waals surface area contributed by atoms with Crippen molar-refractivity contribution in [1.82, 2.24) is 10.2 Å². The Morgan fingerprint density at radius 1 is 1.50 bits per heavy atom. The highest BCUT2D eigenvalue weighted by Gasteiger charge is 2.43. The minimum Gasteiger partial charge on any atom is -0.327 e. The van der Waals surface area contributed by atoms with Crippen LogP contribution in [0.3, 0.4) is 0 Å². The summed E-state index contributed by atoms with van der Waals surface area (Å²) in [6.45, 7) is 6.39. The summed E-state index contributed by atoms with van der Waals surface area (Å²) in [5.74, 6) is 0. The number of aryl methyl sites for hydroxylation is 2. The number of aromatic amines is 1. The Labute approximate surface area is 85.1 Å². The third-order valence-electron chi connectivity index (χ3n) is 3.64. The molecule has 14 heavy (non-hydrogen) atoms. The molecule has 1 fully saturated rings. The predicted octanol–water partition coefficient (Wildman–Crippen LogP) is 1.70. The number of H-pyrrole nitrogens is 1. The van der Waals surface area contributed by atoms with Crippen LogP contribution < -0.4 is 5.73 Å². The summed E-state index contributed by atoms with van der Waals surface area (Å²) in [5.41, 5.74) is 10.2. The largest absolute Gasteiger partial charge is 0.327 e. The van der Waals surface area contributed by atoms with E-state index < -0.39 is 0 Å². The summed E-state index contributed by atoms with van der Waals surface area (Å²) in [6.07, 6.45) is 3.53. The lowest BCUT2D eigenvalue weighted by Gasteiger charge is -2.18. The van der Waals surface area contributed by atoms with Crippen LogP contribution in [0, 0.1) is 19.3 Å². The van der Waals surface area contributed by atoms with Crippen molar-refractivity contribution < 1.29 is 0 Å². The number of hydrogen-bond acceptors (Lipinski definition) is 2. The van der Waals surface area contributed by atoms with Gasteiger partial charge in [-0.15, -0.1) is 0 Å². The monoisotopic (exact) mass is 193 g/mol. The van der Waals surface area contributed by atoms with Crippen molar-refractivity contribution in [3.63, 3.8) is 0 Å². The number of nitrogens with two attached hydrogens (primary N) is 1. The average molecular weight is 193 g/mol. The van der Waals surface area contributed by atoms with E-state index in [1.165, 1.54) is 24.1 Å². The first-order chi connectivity index (χ1) is 6.53. The molecule has 0 aliphatic heterocycles. The van der Waals surface area contributed by atoms with Crippen LogP contribution in [0.1, 0.15) is 36.7 Å². The summed E-state index contributed by atoms with van der Waals surface area (Å²) in [6, 6.07) is 0.289. The van der Waals surface area contributed by atoms with Crippen LogP contribution in [0.15, 0.2) is 0 Å². The van der Waals surface area contributed by atoms with Gasteiger partial charge in [-0.05, 0) is 44.1 Å². The average Bonchev–Trinajstić information content (AvgIpc) is 2.82. The van der Waals surface area contributed by atoms with E-state index in [-0.39, 0.29) is 6.04 Å². The zero-order chi connectivity index (χ0) is 10.3. The van der Waals surface area contributed by atoms with Crippen LogP contribution in [-0.4, -0.2) is 16.2 Å². The normalized spacial score (nSPS) is 20.9. The third-order valence-corrected chi connectivity index (χ3v) is 3.64. The standard InChI is InChI=1S/C11H19N3/c1-7-9(8(2)14-13-7)6-10(12)11(3)4-5-11/h10H,4-6,12H2,1-3H3,(H,13,14). The third kappa shape index (κ3) is 1.57. The lowest BCUT2D eigenvalue weighted by Crippen LogP contribution is -2.32. The molecule has 1 saturated carbocycles. The summed E-state index contributed by atoms with van der Waals surface area (Å²) in [5, 5.41) is 7.20. The summed E-state index contributed by atoms with van der Waals surface area (Å²) >= 11 is 0. The summed E-state index contributed by atoms with van der Waals surface area (Å²) < 4.78 is 0. The van der Waals surface area contributed by atoms with Crippen LogP contribution in [-0.2, 0) is 6.42 Å². The number of aromatic nitrogens is 2. The molecule has 0 radical (unpaired) electrons. The molecule has 1 aromatic heterocycles. The van der Waals surface area contributed by atoms with Gasteiger partial charge in [0.1, 0.15) is 0 Å². The molecule has 78 valence electrons. The molecule has 1 aromatic rings. The molecule has 3 N–H and O–H groups in total. The van der Waals surface area contributed by atoms with E-state index >= 15 is 0 Å². The number of nitrogens with zero attached hydrogens (tertiary/aromatic N) is 1. The van der Waals surface area contributed by atoms with E-state index in [4.69, 9.17) is 5.73 Å². The SMILES string of the molecule is Cc1n[nH]c(C)c1CC(N)C1(C)CC1. The number of nitrogens with one attached hydrogen (secondary N) is 1. The van der Waals surface area contributed by atoms with E-state index in [2.05, 4.69) is 24.0 Å². The maximum absolute atomic E-state index is 6.20. The molecule has 3 nitrogen and oxygen atoms in total. The van der Waals surface area contributed by atoms with Crippen LogP contribution in [0.25, 0.3) is 0 Å². The second-order valence-electron chi connectivity index (χ2n) is 4.88. The van der Waals surface area contributed by atoms with Crippen molar-refractivity contribution in [3.8, 4) is 0 Å². The van der Waals surface area contributed by atoms with Crippen molar-refractivity contribution in [2.75, 3.05) is 0 Å². The molecule has 0 saturated heterocycles. The predicted molar refractivity (Wildman–Crippen MR) is 57.1 cm³/mol. The topological polar surface area (TPSA) is 54.7 Å². The fraction of sp³-hybridized carbons (Fsp3) is 0.727. The van der Waals surface area contributed by atoms with Crippen LogP contribution >= 0.6 is 0 Å². The molecule has 2 rings (SSSR count). The van der Waals surface area contributed by atoms with Crippen LogP contribution in [0.4, 0.5) is 0 Å². The molecule has 0 aromatic carbocycles.